The van der Waals surface area contributed by atoms with E-state index in [4.69, 9.17) is 11.6 Å². The number of hydrogen-bond donors (Lipinski definition) is 1. The van der Waals surface area contributed by atoms with Crippen LogP contribution in [0, 0.1) is 10.1 Å². The number of hydrogen-bond acceptors (Lipinski definition) is 3. The van der Waals surface area contributed by atoms with Crippen molar-refractivity contribution in [3.8, 4) is 5.75 Å². The molecule has 0 aromatic heterocycles. The van der Waals surface area contributed by atoms with E-state index in [-0.39, 0.29) is 16.5 Å². The Kier molecular flexibility index (Phi) is 3.09. The first kappa shape index (κ1) is 10.5. The Morgan fingerprint density at radius 2 is 2.21 bits per heavy atom. The van der Waals surface area contributed by atoms with E-state index in [2.05, 4.69) is 0 Å². The molecule has 0 saturated carbocycles. The van der Waals surface area contributed by atoms with E-state index in [9.17, 15) is 15.2 Å². The first-order valence-corrected chi connectivity index (χ1v) is 4.24. The lowest BCUT2D eigenvalue weighted by molar-refractivity contribution is -0.385. The van der Waals surface area contributed by atoms with Crippen LogP contribution in [0.2, 0.25) is 5.02 Å². The van der Waals surface area contributed by atoms with Gasteiger partial charge in [-0.3, -0.25) is 10.1 Å². The lowest BCUT2D eigenvalue weighted by Gasteiger charge is -2.01. The summed E-state index contributed by atoms with van der Waals surface area (Å²) in [4.78, 5) is 10.0. The summed E-state index contributed by atoms with van der Waals surface area (Å²) in [6.07, 6.45) is 3.22. The number of nitro groups is 1. The van der Waals surface area contributed by atoms with Gasteiger partial charge in [0.1, 0.15) is 5.75 Å². The van der Waals surface area contributed by atoms with Crippen LogP contribution in [0.1, 0.15) is 12.5 Å². The lowest BCUT2D eigenvalue weighted by atomic mass is 10.1. The first-order valence-electron chi connectivity index (χ1n) is 3.86. The van der Waals surface area contributed by atoms with Gasteiger partial charge >= 0.3 is 0 Å². The number of aromatic hydroxyl groups is 1. The maximum atomic E-state index is 10.6. The van der Waals surface area contributed by atoms with E-state index in [0.717, 1.165) is 0 Å². The molecule has 5 heteroatoms. The highest BCUT2D eigenvalue weighted by Gasteiger charge is 2.19. The molecule has 4 nitrogen and oxygen atoms in total. The standard InChI is InChI=1S/C9H8ClNO3/c1-2-3-6-4-5-7(12)8(10)9(6)11(13)14/h2-5,12H,1H3/b3-2+. The quantitative estimate of drug-likeness (QED) is 0.607. The molecule has 0 bridgehead atoms. The predicted molar refractivity (Wildman–Crippen MR) is 54.5 cm³/mol. The van der Waals surface area contributed by atoms with Gasteiger partial charge < -0.3 is 5.11 Å². The summed E-state index contributed by atoms with van der Waals surface area (Å²) < 4.78 is 0. The summed E-state index contributed by atoms with van der Waals surface area (Å²) in [6, 6.07) is 2.77. The van der Waals surface area contributed by atoms with Crippen LogP contribution < -0.4 is 0 Å². The van der Waals surface area contributed by atoms with Crippen molar-refractivity contribution in [2.75, 3.05) is 0 Å². The molecule has 14 heavy (non-hydrogen) atoms. The predicted octanol–water partition coefficient (Wildman–Crippen LogP) is 2.99. The molecule has 0 aliphatic heterocycles. The average Bonchev–Trinajstić information content (AvgIpc) is 2.11. The molecule has 0 atom stereocenters. The topological polar surface area (TPSA) is 63.4 Å². The lowest BCUT2D eigenvalue weighted by Crippen LogP contribution is -1.92. The summed E-state index contributed by atoms with van der Waals surface area (Å²) in [6.45, 7) is 1.74. The number of halogens is 1. The van der Waals surface area contributed by atoms with E-state index in [1.54, 1.807) is 19.1 Å². The van der Waals surface area contributed by atoms with Gasteiger partial charge in [0.2, 0.25) is 0 Å². The number of phenols is 1. The molecule has 0 saturated heterocycles. The summed E-state index contributed by atoms with van der Waals surface area (Å²) in [5.74, 6) is -0.286. The fraction of sp³-hybridized carbons (Fsp3) is 0.111. The van der Waals surface area contributed by atoms with Crippen LogP contribution in [0.15, 0.2) is 18.2 Å². The van der Waals surface area contributed by atoms with E-state index in [1.165, 1.54) is 12.1 Å². The zero-order valence-corrected chi connectivity index (χ0v) is 8.15. The second-order valence-electron chi connectivity index (χ2n) is 2.59. The number of nitrogens with zero attached hydrogens (tertiary/aromatic N) is 1. The second-order valence-corrected chi connectivity index (χ2v) is 2.97. The first-order chi connectivity index (χ1) is 6.57. The van der Waals surface area contributed by atoms with Crippen LogP contribution in [-0.4, -0.2) is 10.0 Å². The van der Waals surface area contributed by atoms with Gasteiger partial charge in [-0.2, -0.15) is 0 Å². The Bertz CT molecular complexity index is 401. The average molecular weight is 214 g/mol. The van der Waals surface area contributed by atoms with Crippen molar-refractivity contribution in [3.05, 3.63) is 38.9 Å². The van der Waals surface area contributed by atoms with Crippen LogP contribution in [0.4, 0.5) is 5.69 Å². The van der Waals surface area contributed by atoms with Crippen molar-refractivity contribution < 1.29 is 10.0 Å². The molecule has 0 aliphatic carbocycles. The minimum Gasteiger partial charge on any atom is -0.506 e. The van der Waals surface area contributed by atoms with Crippen LogP contribution in [-0.2, 0) is 0 Å². The van der Waals surface area contributed by atoms with Crippen molar-refractivity contribution in [2.24, 2.45) is 0 Å². The van der Waals surface area contributed by atoms with E-state index >= 15 is 0 Å². The number of nitro benzene ring substituents is 1. The highest BCUT2D eigenvalue weighted by molar-refractivity contribution is 6.34. The molecule has 0 radical (unpaired) electrons. The molecule has 0 spiro atoms. The SMILES string of the molecule is C/C=C/c1ccc(O)c(Cl)c1[N+](=O)[O-]. The summed E-state index contributed by atoms with van der Waals surface area (Å²) >= 11 is 5.60. The Balaban J connectivity index is 3.45. The zero-order valence-electron chi connectivity index (χ0n) is 7.40. The van der Waals surface area contributed by atoms with Crippen molar-refractivity contribution in [2.45, 2.75) is 6.92 Å². The van der Waals surface area contributed by atoms with Crippen molar-refractivity contribution >= 4 is 23.4 Å². The van der Waals surface area contributed by atoms with Gasteiger partial charge in [-0.15, -0.1) is 0 Å². The van der Waals surface area contributed by atoms with Crippen molar-refractivity contribution in [3.63, 3.8) is 0 Å². The third-order valence-electron chi connectivity index (χ3n) is 1.66. The Morgan fingerprint density at radius 1 is 1.57 bits per heavy atom. The molecule has 1 aromatic rings. The Labute approximate surface area is 85.6 Å². The summed E-state index contributed by atoms with van der Waals surface area (Å²) in [5.41, 5.74) is 0.102. The number of allylic oxidation sites excluding steroid dienone is 1. The normalized spacial score (nSPS) is 10.7. The van der Waals surface area contributed by atoms with Crippen molar-refractivity contribution in [1.29, 1.82) is 0 Å². The smallest absolute Gasteiger partial charge is 0.298 e. The Morgan fingerprint density at radius 3 is 2.71 bits per heavy atom. The maximum absolute atomic E-state index is 10.6. The second kappa shape index (κ2) is 4.11. The number of benzene rings is 1. The molecule has 0 amide bonds. The fourth-order valence-corrected chi connectivity index (χ4v) is 1.31. The van der Waals surface area contributed by atoms with Gasteiger partial charge in [0, 0.05) is 0 Å². The third kappa shape index (κ3) is 1.85. The van der Waals surface area contributed by atoms with Gasteiger partial charge in [-0.1, -0.05) is 23.8 Å². The molecule has 0 unspecified atom stereocenters. The van der Waals surface area contributed by atoms with Gasteiger partial charge in [0.05, 0.1) is 10.5 Å². The van der Waals surface area contributed by atoms with Gasteiger partial charge in [0.25, 0.3) is 5.69 Å². The van der Waals surface area contributed by atoms with E-state index < -0.39 is 4.92 Å². The van der Waals surface area contributed by atoms with Crippen LogP contribution >= 0.6 is 11.6 Å². The minimum atomic E-state index is -0.614. The fourth-order valence-electron chi connectivity index (χ4n) is 1.07. The van der Waals surface area contributed by atoms with Gasteiger partial charge in [0.15, 0.2) is 5.02 Å². The maximum Gasteiger partial charge on any atom is 0.298 e. The minimum absolute atomic E-state index is 0.231. The third-order valence-corrected chi connectivity index (χ3v) is 2.03. The zero-order chi connectivity index (χ0) is 10.7. The highest BCUT2D eigenvalue weighted by Crippen LogP contribution is 2.36. The highest BCUT2D eigenvalue weighted by atomic mass is 35.5. The van der Waals surface area contributed by atoms with Crippen molar-refractivity contribution in [1.82, 2.24) is 0 Å². The molecule has 0 heterocycles. The Hall–Kier alpha value is -1.55. The van der Waals surface area contributed by atoms with Gasteiger partial charge in [-0.05, 0) is 19.1 Å². The van der Waals surface area contributed by atoms with Gasteiger partial charge in [-0.25, -0.2) is 0 Å². The van der Waals surface area contributed by atoms with Crippen LogP contribution in [0.5, 0.6) is 5.75 Å². The molecule has 1 rings (SSSR count). The summed E-state index contributed by atoms with van der Waals surface area (Å²) in [5, 5.41) is 19.6. The molecular weight excluding hydrogens is 206 g/mol. The summed E-state index contributed by atoms with van der Waals surface area (Å²) in [7, 11) is 0. The number of phenolic OH excluding ortho intramolecular Hbond substituents is 1. The largest absolute Gasteiger partial charge is 0.506 e. The molecule has 0 aliphatic rings. The van der Waals surface area contributed by atoms with E-state index in [1.807, 2.05) is 0 Å². The molecule has 1 N–H and O–H groups in total. The van der Waals surface area contributed by atoms with E-state index in [0.29, 0.717) is 5.56 Å². The molecular formula is C9H8ClNO3. The molecule has 0 fully saturated rings. The monoisotopic (exact) mass is 213 g/mol. The molecule has 1 aromatic carbocycles. The van der Waals surface area contributed by atoms with Crippen LogP contribution in [0.25, 0.3) is 6.08 Å². The number of rotatable bonds is 2. The van der Waals surface area contributed by atoms with Crippen LogP contribution in [0.3, 0.4) is 0 Å². The molecule has 74 valence electrons.